The molecule has 3 heterocycles. The van der Waals surface area contributed by atoms with Gasteiger partial charge in [-0.15, -0.1) is 10.2 Å². The zero-order valence-corrected chi connectivity index (χ0v) is 18.7. The first-order chi connectivity index (χ1) is 14.6. The lowest BCUT2D eigenvalue weighted by Crippen LogP contribution is -2.48. The Bertz CT molecular complexity index is 827. The maximum atomic E-state index is 13.0. The summed E-state index contributed by atoms with van der Waals surface area (Å²) >= 11 is 1.50. The second kappa shape index (κ2) is 9.83. The standard InChI is InChI=1S/C22H31N5O2S/c1-17-7-6-8-18(2)27(17)20(28)16-30-22-24-23-21(25-11-13-29-14-12-25)26(22)15-19-9-4-3-5-10-19/h3-5,9-10,17-18H,6-8,11-16H2,1-2H3/t17-,18+. The molecule has 2 aromatic rings. The van der Waals surface area contributed by atoms with E-state index in [-0.39, 0.29) is 5.91 Å². The second-order valence-corrected chi connectivity index (χ2v) is 9.11. The van der Waals surface area contributed by atoms with Crippen molar-refractivity contribution in [2.24, 2.45) is 0 Å². The van der Waals surface area contributed by atoms with Gasteiger partial charge in [-0.1, -0.05) is 42.1 Å². The highest BCUT2D eigenvalue weighted by atomic mass is 32.2. The number of rotatable bonds is 6. The van der Waals surface area contributed by atoms with Crippen LogP contribution in [0.2, 0.25) is 0 Å². The van der Waals surface area contributed by atoms with Gasteiger partial charge in [0.15, 0.2) is 5.16 Å². The average molecular weight is 430 g/mol. The number of likely N-dealkylation sites (tertiary alicyclic amines) is 1. The third-order valence-electron chi connectivity index (χ3n) is 5.98. The minimum absolute atomic E-state index is 0.196. The molecule has 0 aliphatic carbocycles. The molecule has 2 fully saturated rings. The molecule has 0 radical (unpaired) electrons. The zero-order valence-electron chi connectivity index (χ0n) is 17.9. The van der Waals surface area contributed by atoms with Gasteiger partial charge in [0.25, 0.3) is 0 Å². The van der Waals surface area contributed by atoms with E-state index in [4.69, 9.17) is 4.74 Å². The van der Waals surface area contributed by atoms with Gasteiger partial charge < -0.3 is 14.5 Å². The van der Waals surface area contributed by atoms with Gasteiger partial charge in [0.1, 0.15) is 0 Å². The number of piperidine rings is 1. The predicted molar refractivity (Wildman–Crippen MR) is 119 cm³/mol. The molecule has 1 amide bonds. The van der Waals surface area contributed by atoms with Crippen LogP contribution < -0.4 is 4.90 Å². The summed E-state index contributed by atoms with van der Waals surface area (Å²) in [6.07, 6.45) is 3.38. The van der Waals surface area contributed by atoms with E-state index in [2.05, 4.69) is 50.5 Å². The Balaban J connectivity index is 1.51. The van der Waals surface area contributed by atoms with E-state index in [1.807, 2.05) is 18.2 Å². The summed E-state index contributed by atoms with van der Waals surface area (Å²) in [4.78, 5) is 17.3. The van der Waals surface area contributed by atoms with Gasteiger partial charge in [0, 0.05) is 25.2 Å². The lowest BCUT2D eigenvalue weighted by Gasteiger charge is -2.39. The molecule has 1 aromatic carbocycles. The molecule has 0 spiro atoms. The number of ether oxygens (including phenoxy) is 1. The fourth-order valence-corrected chi connectivity index (χ4v) is 5.21. The van der Waals surface area contributed by atoms with E-state index < -0.39 is 0 Å². The summed E-state index contributed by atoms with van der Waals surface area (Å²) in [7, 11) is 0. The van der Waals surface area contributed by atoms with Crippen molar-refractivity contribution >= 4 is 23.6 Å². The van der Waals surface area contributed by atoms with Crippen LogP contribution in [-0.4, -0.2) is 69.7 Å². The summed E-state index contributed by atoms with van der Waals surface area (Å²) in [5, 5.41) is 9.76. The van der Waals surface area contributed by atoms with Crippen molar-refractivity contribution in [3.8, 4) is 0 Å². The molecule has 30 heavy (non-hydrogen) atoms. The third-order valence-corrected chi connectivity index (χ3v) is 6.93. The van der Waals surface area contributed by atoms with Crippen LogP contribution in [0.25, 0.3) is 0 Å². The highest BCUT2D eigenvalue weighted by molar-refractivity contribution is 7.99. The first kappa shape index (κ1) is 21.2. The number of carbonyl (C=O) groups excluding carboxylic acids is 1. The van der Waals surface area contributed by atoms with Crippen LogP contribution in [0.4, 0.5) is 5.95 Å². The molecule has 2 saturated heterocycles. The first-order valence-electron chi connectivity index (χ1n) is 10.9. The number of morpholine rings is 1. The largest absolute Gasteiger partial charge is 0.378 e. The van der Waals surface area contributed by atoms with Gasteiger partial charge in [-0.2, -0.15) is 0 Å². The number of amides is 1. The number of hydrogen-bond acceptors (Lipinski definition) is 6. The molecule has 0 bridgehead atoms. The van der Waals surface area contributed by atoms with Crippen LogP contribution in [0.3, 0.4) is 0 Å². The molecule has 1 aromatic heterocycles. The minimum atomic E-state index is 0.196. The van der Waals surface area contributed by atoms with Crippen molar-refractivity contribution in [3.05, 3.63) is 35.9 Å². The summed E-state index contributed by atoms with van der Waals surface area (Å²) in [6, 6.07) is 11.0. The molecule has 0 unspecified atom stereocenters. The SMILES string of the molecule is C[C@@H]1CCC[C@H](C)N1C(=O)CSc1nnc(N2CCOCC2)n1Cc1ccccc1. The highest BCUT2D eigenvalue weighted by Crippen LogP contribution is 2.27. The highest BCUT2D eigenvalue weighted by Gasteiger charge is 2.29. The van der Waals surface area contributed by atoms with Crippen molar-refractivity contribution in [2.75, 3.05) is 37.0 Å². The van der Waals surface area contributed by atoms with Crippen LogP contribution in [0.1, 0.15) is 38.7 Å². The number of aromatic nitrogens is 3. The van der Waals surface area contributed by atoms with E-state index in [0.717, 1.165) is 37.0 Å². The monoisotopic (exact) mass is 429 g/mol. The maximum absolute atomic E-state index is 13.0. The molecule has 2 aliphatic rings. The molecule has 7 nitrogen and oxygen atoms in total. The van der Waals surface area contributed by atoms with Crippen molar-refractivity contribution in [2.45, 2.75) is 56.9 Å². The van der Waals surface area contributed by atoms with E-state index in [9.17, 15) is 4.79 Å². The van der Waals surface area contributed by atoms with Crippen LogP contribution in [0.5, 0.6) is 0 Å². The smallest absolute Gasteiger partial charge is 0.233 e. The molecular formula is C22H31N5O2S. The van der Waals surface area contributed by atoms with Gasteiger partial charge >= 0.3 is 0 Å². The maximum Gasteiger partial charge on any atom is 0.233 e. The van der Waals surface area contributed by atoms with Crippen molar-refractivity contribution in [1.29, 1.82) is 0 Å². The van der Waals surface area contributed by atoms with Gasteiger partial charge in [0.05, 0.1) is 25.5 Å². The lowest BCUT2D eigenvalue weighted by molar-refractivity contribution is -0.134. The van der Waals surface area contributed by atoms with Crippen LogP contribution in [-0.2, 0) is 16.1 Å². The van der Waals surface area contributed by atoms with Crippen molar-refractivity contribution in [3.63, 3.8) is 0 Å². The molecule has 8 heteroatoms. The number of thioether (sulfide) groups is 1. The fourth-order valence-electron chi connectivity index (χ4n) is 4.40. The van der Waals surface area contributed by atoms with Gasteiger partial charge in [-0.25, -0.2) is 0 Å². The number of benzene rings is 1. The van der Waals surface area contributed by atoms with E-state index >= 15 is 0 Å². The predicted octanol–water partition coefficient (Wildman–Crippen LogP) is 3.04. The van der Waals surface area contributed by atoms with Gasteiger partial charge in [-0.05, 0) is 38.7 Å². The topological polar surface area (TPSA) is 63.5 Å². The summed E-state index contributed by atoms with van der Waals surface area (Å²) < 4.78 is 7.64. The first-order valence-corrected chi connectivity index (χ1v) is 11.9. The molecule has 2 atom stereocenters. The summed E-state index contributed by atoms with van der Waals surface area (Å²) in [5.41, 5.74) is 1.19. The molecule has 4 rings (SSSR count). The number of anilines is 1. The van der Waals surface area contributed by atoms with E-state index in [1.165, 1.54) is 23.7 Å². The molecule has 2 aliphatic heterocycles. The van der Waals surface area contributed by atoms with Crippen LogP contribution >= 0.6 is 11.8 Å². The summed E-state index contributed by atoms with van der Waals surface area (Å²) in [6.45, 7) is 8.01. The van der Waals surface area contributed by atoms with Crippen LogP contribution in [0, 0.1) is 0 Å². The Labute approximate surface area is 182 Å². The average Bonchev–Trinajstić information content (AvgIpc) is 3.16. The normalized spacial score (nSPS) is 22.3. The lowest BCUT2D eigenvalue weighted by atomic mass is 9.98. The Kier molecular flexibility index (Phi) is 6.94. The summed E-state index contributed by atoms with van der Waals surface area (Å²) in [5.74, 6) is 1.45. The van der Waals surface area contributed by atoms with Crippen LogP contribution in [0.15, 0.2) is 35.5 Å². The Morgan fingerprint density at radius 2 is 1.80 bits per heavy atom. The van der Waals surface area contributed by atoms with E-state index in [1.54, 1.807) is 0 Å². The van der Waals surface area contributed by atoms with Gasteiger partial charge in [-0.3, -0.25) is 9.36 Å². The Morgan fingerprint density at radius 3 is 2.50 bits per heavy atom. The third kappa shape index (κ3) is 4.81. The second-order valence-electron chi connectivity index (χ2n) is 8.17. The number of nitrogens with zero attached hydrogens (tertiary/aromatic N) is 5. The Morgan fingerprint density at radius 1 is 1.10 bits per heavy atom. The molecule has 162 valence electrons. The van der Waals surface area contributed by atoms with E-state index in [0.29, 0.717) is 37.6 Å². The molecule has 0 N–H and O–H groups in total. The Hall–Kier alpha value is -2.06. The number of carbonyl (C=O) groups is 1. The van der Waals surface area contributed by atoms with Gasteiger partial charge in [0.2, 0.25) is 11.9 Å². The minimum Gasteiger partial charge on any atom is -0.378 e. The fraction of sp³-hybridized carbons (Fsp3) is 0.591. The zero-order chi connectivity index (χ0) is 20.9. The van der Waals surface area contributed by atoms with Crippen molar-refractivity contribution in [1.82, 2.24) is 19.7 Å². The molecular weight excluding hydrogens is 398 g/mol. The van der Waals surface area contributed by atoms with Crippen molar-refractivity contribution < 1.29 is 9.53 Å². The quantitative estimate of drug-likeness (QED) is 0.658. The number of hydrogen-bond donors (Lipinski definition) is 0. The molecule has 0 saturated carbocycles.